The van der Waals surface area contributed by atoms with Crippen molar-refractivity contribution in [2.24, 2.45) is 0 Å². The van der Waals surface area contributed by atoms with Gasteiger partial charge in [0.2, 0.25) is 5.91 Å². The molecule has 0 aromatic heterocycles. The molecule has 0 unspecified atom stereocenters. The average Bonchev–Trinajstić information content (AvgIpc) is 2.48. The zero-order valence-electron chi connectivity index (χ0n) is 11.8. The van der Waals surface area contributed by atoms with Gasteiger partial charge in [0, 0.05) is 12.6 Å². The molecule has 0 aliphatic rings. The zero-order chi connectivity index (χ0) is 15.9. The Kier molecular flexibility index (Phi) is 5.08. The summed E-state index contributed by atoms with van der Waals surface area (Å²) < 4.78 is 23.4. The molecule has 0 saturated heterocycles. The Hall–Kier alpha value is -2.89. The highest BCUT2D eigenvalue weighted by Crippen LogP contribution is 2.17. The number of carbonyl (C=O) groups excluding carboxylic acids is 2. The van der Waals surface area contributed by atoms with Crippen molar-refractivity contribution in [2.45, 2.75) is 6.92 Å². The smallest absolute Gasteiger partial charge is 0.349 e. The molecular weight excluding hydrogens is 289 g/mol. The van der Waals surface area contributed by atoms with Crippen LogP contribution in [-0.4, -0.2) is 18.5 Å². The van der Waals surface area contributed by atoms with Crippen LogP contribution in [0.3, 0.4) is 0 Å². The molecule has 0 saturated carbocycles. The molecule has 0 aliphatic heterocycles. The number of ether oxygens (including phenoxy) is 2. The molecule has 5 nitrogen and oxygen atoms in total. The monoisotopic (exact) mass is 303 g/mol. The molecule has 0 atom stereocenters. The number of rotatable bonds is 5. The summed E-state index contributed by atoms with van der Waals surface area (Å²) in [7, 11) is 0. The first-order valence-corrected chi connectivity index (χ1v) is 6.50. The SMILES string of the molecule is CC(=O)Nc1ccc(OC(=O)COc2ccccc2F)cc1. The van der Waals surface area contributed by atoms with Crippen molar-refractivity contribution in [1.29, 1.82) is 0 Å². The topological polar surface area (TPSA) is 64.6 Å². The van der Waals surface area contributed by atoms with E-state index in [4.69, 9.17) is 9.47 Å². The van der Waals surface area contributed by atoms with Crippen LogP contribution < -0.4 is 14.8 Å². The molecule has 2 rings (SSSR count). The quantitative estimate of drug-likeness (QED) is 0.681. The molecule has 1 amide bonds. The lowest BCUT2D eigenvalue weighted by molar-refractivity contribution is -0.136. The van der Waals surface area contributed by atoms with Crippen LogP contribution >= 0.6 is 0 Å². The lowest BCUT2D eigenvalue weighted by Gasteiger charge is -2.08. The molecule has 114 valence electrons. The summed E-state index contributed by atoms with van der Waals surface area (Å²) in [5, 5.41) is 2.59. The predicted octanol–water partition coefficient (Wildman–Crippen LogP) is 2.77. The van der Waals surface area contributed by atoms with Gasteiger partial charge in [-0.25, -0.2) is 9.18 Å². The highest BCUT2D eigenvalue weighted by molar-refractivity contribution is 5.88. The van der Waals surface area contributed by atoms with Gasteiger partial charge in [-0.15, -0.1) is 0 Å². The standard InChI is InChI=1S/C16H14FNO4/c1-11(19)18-12-6-8-13(9-7-12)22-16(20)10-21-15-5-3-2-4-14(15)17/h2-9H,10H2,1H3,(H,18,19). The summed E-state index contributed by atoms with van der Waals surface area (Å²) in [6.07, 6.45) is 0. The number of carbonyl (C=O) groups is 2. The zero-order valence-corrected chi connectivity index (χ0v) is 11.8. The molecule has 0 aliphatic carbocycles. The number of esters is 1. The largest absolute Gasteiger partial charge is 0.479 e. The van der Waals surface area contributed by atoms with Crippen molar-refractivity contribution in [3.05, 3.63) is 54.3 Å². The van der Waals surface area contributed by atoms with Gasteiger partial charge in [-0.2, -0.15) is 0 Å². The Morgan fingerprint density at radius 2 is 1.77 bits per heavy atom. The fraction of sp³-hybridized carbons (Fsp3) is 0.125. The maximum absolute atomic E-state index is 13.3. The number of benzene rings is 2. The van der Waals surface area contributed by atoms with E-state index < -0.39 is 18.4 Å². The number of nitrogens with one attached hydrogen (secondary N) is 1. The normalized spacial score (nSPS) is 9.91. The van der Waals surface area contributed by atoms with Gasteiger partial charge in [0.25, 0.3) is 0 Å². The summed E-state index contributed by atoms with van der Waals surface area (Å²) in [6.45, 7) is 0.988. The van der Waals surface area contributed by atoms with E-state index in [9.17, 15) is 14.0 Å². The predicted molar refractivity (Wildman–Crippen MR) is 78.3 cm³/mol. The summed E-state index contributed by atoms with van der Waals surface area (Å²) in [5.74, 6) is -1.11. The number of hydrogen-bond acceptors (Lipinski definition) is 4. The van der Waals surface area contributed by atoms with E-state index in [-0.39, 0.29) is 11.7 Å². The Morgan fingerprint density at radius 1 is 1.09 bits per heavy atom. The highest BCUT2D eigenvalue weighted by Gasteiger charge is 2.08. The number of halogens is 1. The highest BCUT2D eigenvalue weighted by atomic mass is 19.1. The van der Waals surface area contributed by atoms with Gasteiger partial charge in [-0.05, 0) is 36.4 Å². The van der Waals surface area contributed by atoms with E-state index in [0.29, 0.717) is 11.4 Å². The Balaban J connectivity index is 1.87. The molecule has 0 fully saturated rings. The van der Waals surface area contributed by atoms with Gasteiger partial charge < -0.3 is 14.8 Å². The number of amides is 1. The minimum Gasteiger partial charge on any atom is -0.479 e. The van der Waals surface area contributed by atoms with Gasteiger partial charge in [-0.1, -0.05) is 12.1 Å². The van der Waals surface area contributed by atoms with Crippen LogP contribution in [0, 0.1) is 5.82 Å². The van der Waals surface area contributed by atoms with Crippen molar-refractivity contribution in [1.82, 2.24) is 0 Å². The van der Waals surface area contributed by atoms with Crippen LogP contribution in [0.1, 0.15) is 6.92 Å². The van der Waals surface area contributed by atoms with Crippen molar-refractivity contribution < 1.29 is 23.5 Å². The van der Waals surface area contributed by atoms with Crippen LogP contribution in [0.4, 0.5) is 10.1 Å². The molecule has 0 heterocycles. The van der Waals surface area contributed by atoms with Gasteiger partial charge in [0.1, 0.15) is 5.75 Å². The summed E-state index contributed by atoms with van der Waals surface area (Å²) in [5.41, 5.74) is 0.593. The van der Waals surface area contributed by atoms with E-state index >= 15 is 0 Å². The third-order valence-electron chi connectivity index (χ3n) is 2.59. The molecule has 1 N–H and O–H groups in total. The molecule has 2 aromatic carbocycles. The summed E-state index contributed by atoms with van der Waals surface area (Å²) in [4.78, 5) is 22.5. The first kappa shape index (κ1) is 15.5. The third-order valence-corrected chi connectivity index (χ3v) is 2.59. The minimum absolute atomic E-state index is 0.0135. The van der Waals surface area contributed by atoms with Crippen molar-refractivity contribution in [3.63, 3.8) is 0 Å². The molecule has 22 heavy (non-hydrogen) atoms. The van der Waals surface area contributed by atoms with E-state index in [1.54, 1.807) is 18.2 Å². The molecular formula is C16H14FNO4. The lowest BCUT2D eigenvalue weighted by Crippen LogP contribution is -2.18. The van der Waals surface area contributed by atoms with E-state index in [1.165, 1.54) is 37.3 Å². The first-order chi connectivity index (χ1) is 10.5. The summed E-state index contributed by atoms with van der Waals surface area (Å²) >= 11 is 0. The van der Waals surface area contributed by atoms with E-state index in [2.05, 4.69) is 5.32 Å². The van der Waals surface area contributed by atoms with Crippen LogP contribution in [0.25, 0.3) is 0 Å². The number of hydrogen-bond donors (Lipinski definition) is 1. The van der Waals surface area contributed by atoms with Crippen molar-refractivity contribution in [3.8, 4) is 11.5 Å². The fourth-order valence-corrected chi connectivity index (χ4v) is 1.67. The second kappa shape index (κ2) is 7.21. The van der Waals surface area contributed by atoms with Gasteiger partial charge >= 0.3 is 5.97 Å². The van der Waals surface area contributed by atoms with Crippen molar-refractivity contribution in [2.75, 3.05) is 11.9 Å². The Labute approximate surface area is 126 Å². The van der Waals surface area contributed by atoms with E-state index in [1.807, 2.05) is 0 Å². The first-order valence-electron chi connectivity index (χ1n) is 6.50. The van der Waals surface area contributed by atoms with E-state index in [0.717, 1.165) is 0 Å². The molecule has 0 radical (unpaired) electrons. The minimum atomic E-state index is -0.657. The van der Waals surface area contributed by atoms with Gasteiger partial charge in [0.15, 0.2) is 18.2 Å². The van der Waals surface area contributed by atoms with Gasteiger partial charge in [-0.3, -0.25) is 4.79 Å². The van der Waals surface area contributed by atoms with Gasteiger partial charge in [0.05, 0.1) is 0 Å². The van der Waals surface area contributed by atoms with Crippen molar-refractivity contribution >= 4 is 17.6 Å². The molecule has 6 heteroatoms. The Morgan fingerprint density at radius 3 is 2.41 bits per heavy atom. The lowest BCUT2D eigenvalue weighted by atomic mass is 10.3. The van der Waals surface area contributed by atoms with Crippen LogP contribution in [0.5, 0.6) is 11.5 Å². The maximum Gasteiger partial charge on any atom is 0.349 e. The van der Waals surface area contributed by atoms with Crippen LogP contribution in [0.2, 0.25) is 0 Å². The third kappa shape index (κ3) is 4.59. The Bertz CT molecular complexity index is 670. The average molecular weight is 303 g/mol. The molecule has 0 bridgehead atoms. The second-order valence-electron chi connectivity index (χ2n) is 4.40. The molecule has 0 spiro atoms. The van der Waals surface area contributed by atoms with Crippen LogP contribution in [-0.2, 0) is 9.59 Å². The number of para-hydroxylation sites is 1. The molecule has 2 aromatic rings. The van der Waals surface area contributed by atoms with Crippen LogP contribution in [0.15, 0.2) is 48.5 Å². The summed E-state index contributed by atoms with van der Waals surface area (Å²) in [6, 6.07) is 12.1. The fourth-order valence-electron chi connectivity index (χ4n) is 1.67. The maximum atomic E-state index is 13.3. The number of anilines is 1. The second-order valence-corrected chi connectivity index (χ2v) is 4.40.